The van der Waals surface area contributed by atoms with Crippen molar-refractivity contribution in [2.75, 3.05) is 0 Å². The summed E-state index contributed by atoms with van der Waals surface area (Å²) in [7, 11) is 0. The highest BCUT2D eigenvalue weighted by atomic mass is 19.1. The maximum atomic E-state index is 13.0. The summed E-state index contributed by atoms with van der Waals surface area (Å²) in [5.74, 6) is -0.389. The molecule has 0 aliphatic rings. The second-order valence-electron chi connectivity index (χ2n) is 3.23. The van der Waals surface area contributed by atoms with Crippen LogP contribution in [0.4, 0.5) is 10.1 Å². The third-order valence-electron chi connectivity index (χ3n) is 2.13. The van der Waals surface area contributed by atoms with Gasteiger partial charge < -0.3 is 0 Å². The average molecular weight is 216 g/mol. The normalized spacial score (nSPS) is 10.1. The molecule has 0 aliphatic carbocycles. The topological polar surface area (TPSA) is 43.1 Å². The molecule has 79 valence electrons. The van der Waals surface area contributed by atoms with Crippen LogP contribution < -0.4 is 0 Å². The summed E-state index contributed by atoms with van der Waals surface area (Å²) in [4.78, 5) is 10.1. The molecule has 4 heteroatoms. The molecule has 0 saturated heterocycles. The minimum atomic E-state index is -0.483. The van der Waals surface area contributed by atoms with Crippen LogP contribution in [-0.2, 0) is 0 Å². The summed E-state index contributed by atoms with van der Waals surface area (Å²) in [6, 6.07) is 12.9. The first-order valence-corrected chi connectivity index (χ1v) is 4.59. The Kier molecular flexibility index (Phi) is 2.64. The van der Waals surface area contributed by atoms with Gasteiger partial charge in [0, 0.05) is 12.1 Å². The van der Waals surface area contributed by atoms with Gasteiger partial charge in [-0.1, -0.05) is 18.2 Å². The van der Waals surface area contributed by atoms with E-state index in [2.05, 4.69) is 6.07 Å². The predicted octanol–water partition coefficient (Wildman–Crippen LogP) is 3.20. The monoisotopic (exact) mass is 216 g/mol. The highest BCUT2D eigenvalue weighted by molar-refractivity contribution is 5.65. The Balaban J connectivity index is 2.48. The van der Waals surface area contributed by atoms with Gasteiger partial charge in [0.05, 0.1) is 4.92 Å². The van der Waals surface area contributed by atoms with Gasteiger partial charge in [0.1, 0.15) is 5.82 Å². The molecular weight excluding hydrogens is 209 g/mol. The van der Waals surface area contributed by atoms with Gasteiger partial charge in [-0.05, 0) is 29.3 Å². The Hall–Kier alpha value is -2.23. The van der Waals surface area contributed by atoms with Crippen molar-refractivity contribution < 1.29 is 9.31 Å². The van der Waals surface area contributed by atoms with Gasteiger partial charge in [-0.3, -0.25) is 10.1 Å². The fourth-order valence-electron chi connectivity index (χ4n) is 1.39. The first-order valence-electron chi connectivity index (χ1n) is 4.59. The molecule has 3 nitrogen and oxygen atoms in total. The van der Waals surface area contributed by atoms with Crippen LogP contribution in [-0.4, -0.2) is 4.92 Å². The lowest BCUT2D eigenvalue weighted by Gasteiger charge is -2.00. The van der Waals surface area contributed by atoms with Gasteiger partial charge in [0.2, 0.25) is 0 Å². The molecule has 0 bridgehead atoms. The zero-order chi connectivity index (χ0) is 11.5. The largest absolute Gasteiger partial charge is 0.270 e. The van der Waals surface area contributed by atoms with E-state index in [9.17, 15) is 14.5 Å². The lowest BCUT2D eigenvalue weighted by molar-refractivity contribution is -0.384. The maximum Gasteiger partial charge on any atom is 0.270 e. The maximum absolute atomic E-state index is 13.0. The van der Waals surface area contributed by atoms with E-state index >= 15 is 0 Å². The first-order chi connectivity index (χ1) is 7.66. The van der Waals surface area contributed by atoms with E-state index in [1.165, 1.54) is 30.3 Å². The van der Waals surface area contributed by atoms with Crippen molar-refractivity contribution in [3.05, 3.63) is 64.5 Å². The second kappa shape index (κ2) is 4.10. The highest BCUT2D eigenvalue weighted by Gasteiger charge is 2.07. The van der Waals surface area contributed by atoms with E-state index in [1.54, 1.807) is 12.1 Å². The third kappa shape index (κ3) is 2.06. The number of hydrogen-bond acceptors (Lipinski definition) is 2. The summed E-state index contributed by atoms with van der Waals surface area (Å²) >= 11 is 0. The van der Waals surface area contributed by atoms with Crippen LogP contribution in [0.5, 0.6) is 0 Å². The van der Waals surface area contributed by atoms with Crippen molar-refractivity contribution in [2.24, 2.45) is 0 Å². The average Bonchev–Trinajstić information content (AvgIpc) is 2.29. The van der Waals surface area contributed by atoms with Crippen molar-refractivity contribution in [3.63, 3.8) is 0 Å². The molecule has 2 rings (SSSR count). The standard InChI is InChI=1S/C12H7FNO2/c13-11-5-1-3-9(7-11)10-4-2-6-12(8-10)14(15)16/h1-2,4-8H. The Labute approximate surface area is 91.3 Å². The molecule has 16 heavy (non-hydrogen) atoms. The smallest absolute Gasteiger partial charge is 0.258 e. The fraction of sp³-hybridized carbons (Fsp3) is 0. The minimum Gasteiger partial charge on any atom is -0.258 e. The van der Waals surface area contributed by atoms with Gasteiger partial charge in [-0.2, -0.15) is 0 Å². The van der Waals surface area contributed by atoms with Crippen molar-refractivity contribution in [3.8, 4) is 11.1 Å². The van der Waals surface area contributed by atoms with Crippen molar-refractivity contribution >= 4 is 5.69 Å². The molecule has 2 aromatic carbocycles. The molecule has 0 N–H and O–H groups in total. The lowest BCUT2D eigenvalue weighted by atomic mass is 10.1. The van der Waals surface area contributed by atoms with Crippen LogP contribution in [0, 0.1) is 22.0 Å². The SMILES string of the molecule is O=[N+]([O-])c1cccc(-c2[c]ccc(F)c2)c1. The Morgan fingerprint density at radius 2 is 2.06 bits per heavy atom. The number of nitro benzene ring substituents is 1. The van der Waals surface area contributed by atoms with Crippen LogP contribution in [0.15, 0.2) is 42.5 Å². The molecule has 0 atom stereocenters. The molecule has 0 aromatic heterocycles. The van der Waals surface area contributed by atoms with Gasteiger partial charge in [-0.25, -0.2) is 4.39 Å². The van der Waals surface area contributed by atoms with Crippen LogP contribution >= 0.6 is 0 Å². The molecule has 0 saturated carbocycles. The summed E-state index contributed by atoms with van der Waals surface area (Å²) < 4.78 is 13.0. The van der Waals surface area contributed by atoms with E-state index in [4.69, 9.17) is 0 Å². The fourth-order valence-corrected chi connectivity index (χ4v) is 1.39. The molecule has 0 heterocycles. The molecule has 0 amide bonds. The van der Waals surface area contributed by atoms with Crippen LogP contribution in [0.2, 0.25) is 0 Å². The van der Waals surface area contributed by atoms with Gasteiger partial charge in [0.15, 0.2) is 0 Å². The number of non-ortho nitro benzene ring substituents is 1. The lowest BCUT2D eigenvalue weighted by Crippen LogP contribution is -1.88. The summed E-state index contributed by atoms with van der Waals surface area (Å²) in [6.45, 7) is 0. The van der Waals surface area contributed by atoms with Crippen molar-refractivity contribution in [1.29, 1.82) is 0 Å². The van der Waals surface area contributed by atoms with Crippen LogP contribution in [0.3, 0.4) is 0 Å². The quantitative estimate of drug-likeness (QED) is 0.571. The zero-order valence-corrected chi connectivity index (χ0v) is 8.18. The molecule has 2 aromatic rings. The van der Waals surface area contributed by atoms with Gasteiger partial charge >= 0.3 is 0 Å². The van der Waals surface area contributed by atoms with E-state index in [-0.39, 0.29) is 11.5 Å². The molecule has 0 fully saturated rings. The number of benzene rings is 2. The third-order valence-corrected chi connectivity index (χ3v) is 2.13. The summed E-state index contributed by atoms with van der Waals surface area (Å²) in [5, 5.41) is 10.6. The number of halogens is 1. The Morgan fingerprint density at radius 1 is 1.25 bits per heavy atom. The second-order valence-corrected chi connectivity index (χ2v) is 3.23. The van der Waals surface area contributed by atoms with E-state index in [0.717, 1.165) is 0 Å². The number of nitrogens with zero attached hydrogens (tertiary/aromatic N) is 1. The van der Waals surface area contributed by atoms with Crippen molar-refractivity contribution in [2.45, 2.75) is 0 Å². The number of rotatable bonds is 2. The van der Waals surface area contributed by atoms with Gasteiger partial charge in [-0.15, -0.1) is 0 Å². The van der Waals surface area contributed by atoms with E-state index < -0.39 is 4.92 Å². The van der Waals surface area contributed by atoms with Crippen molar-refractivity contribution in [1.82, 2.24) is 0 Å². The molecule has 1 radical (unpaired) electrons. The summed E-state index contributed by atoms with van der Waals surface area (Å²) in [6.07, 6.45) is 0. The summed E-state index contributed by atoms with van der Waals surface area (Å²) in [5.41, 5.74) is 1.06. The zero-order valence-electron chi connectivity index (χ0n) is 8.18. The number of hydrogen-bond donors (Lipinski definition) is 0. The Bertz CT molecular complexity index is 540. The predicted molar refractivity (Wildman–Crippen MR) is 57.3 cm³/mol. The van der Waals surface area contributed by atoms with E-state index in [1.807, 2.05) is 0 Å². The molecule has 0 unspecified atom stereocenters. The molecule has 0 spiro atoms. The molecular formula is C12H7FNO2. The van der Waals surface area contributed by atoms with Crippen LogP contribution in [0.1, 0.15) is 0 Å². The highest BCUT2D eigenvalue weighted by Crippen LogP contribution is 2.23. The van der Waals surface area contributed by atoms with Gasteiger partial charge in [0.25, 0.3) is 5.69 Å². The Morgan fingerprint density at radius 3 is 2.75 bits per heavy atom. The van der Waals surface area contributed by atoms with Crippen LogP contribution in [0.25, 0.3) is 11.1 Å². The minimum absolute atomic E-state index is 0.0184. The first kappa shape index (κ1) is 10.3. The number of nitro groups is 1. The molecule has 0 aliphatic heterocycles. The van der Waals surface area contributed by atoms with E-state index in [0.29, 0.717) is 11.1 Å².